The quantitative estimate of drug-likeness (QED) is 0.787. The fraction of sp³-hybridized carbons (Fsp3) is 0.278. The van der Waals surface area contributed by atoms with Crippen LogP contribution in [-0.2, 0) is 0 Å². The topological polar surface area (TPSA) is 53.9 Å². The van der Waals surface area contributed by atoms with Crippen LogP contribution in [0.25, 0.3) is 11.3 Å². The number of nitrogens with one attached hydrogen (secondary N) is 1. The molecule has 1 saturated heterocycles. The van der Waals surface area contributed by atoms with Gasteiger partial charge in [-0.25, -0.2) is 4.98 Å². The molecule has 0 aliphatic carbocycles. The Morgan fingerprint density at radius 1 is 1.04 bits per heavy atom. The third-order valence-electron chi connectivity index (χ3n) is 4.25. The highest BCUT2D eigenvalue weighted by Crippen LogP contribution is 2.29. The molecule has 1 aliphatic heterocycles. The molecular weight excluding hydrogens is 318 g/mol. The Bertz CT molecular complexity index is 766. The summed E-state index contributed by atoms with van der Waals surface area (Å²) in [5.41, 5.74) is 2.25. The molecule has 3 heterocycles. The van der Waals surface area contributed by atoms with Crippen LogP contribution in [0, 0.1) is 0 Å². The Hall–Kier alpha value is -2.47. The van der Waals surface area contributed by atoms with Crippen molar-refractivity contribution < 1.29 is 0 Å². The standard InChI is InChI=1S/C18H19N5S/c1-2-5-14(6-3-1)16-13-24-18(21-16)23-11-8-15(9-12-23)20-17-7-4-10-19-22-17/h1-7,10,13,15H,8-9,11-12H2,(H,20,22). The van der Waals surface area contributed by atoms with Gasteiger partial charge in [0.15, 0.2) is 5.13 Å². The zero-order valence-corrected chi connectivity index (χ0v) is 14.1. The van der Waals surface area contributed by atoms with E-state index in [2.05, 4.69) is 50.1 Å². The first-order valence-electron chi connectivity index (χ1n) is 8.18. The molecule has 0 unspecified atom stereocenters. The molecule has 0 radical (unpaired) electrons. The van der Waals surface area contributed by atoms with E-state index in [0.29, 0.717) is 6.04 Å². The van der Waals surface area contributed by atoms with E-state index in [9.17, 15) is 0 Å². The highest BCUT2D eigenvalue weighted by molar-refractivity contribution is 7.14. The van der Waals surface area contributed by atoms with E-state index in [1.165, 1.54) is 5.56 Å². The summed E-state index contributed by atoms with van der Waals surface area (Å²) >= 11 is 1.73. The van der Waals surface area contributed by atoms with Crippen molar-refractivity contribution >= 4 is 22.3 Å². The Balaban J connectivity index is 1.37. The average molecular weight is 337 g/mol. The lowest BCUT2D eigenvalue weighted by molar-refractivity contribution is 0.524. The monoisotopic (exact) mass is 337 g/mol. The summed E-state index contributed by atoms with van der Waals surface area (Å²) in [7, 11) is 0. The first kappa shape index (κ1) is 15.1. The molecule has 0 atom stereocenters. The van der Waals surface area contributed by atoms with Crippen LogP contribution in [-0.4, -0.2) is 34.3 Å². The maximum atomic E-state index is 4.81. The number of nitrogens with zero attached hydrogens (tertiary/aromatic N) is 4. The maximum Gasteiger partial charge on any atom is 0.185 e. The molecule has 0 bridgehead atoms. The molecular formula is C18H19N5S. The molecule has 1 fully saturated rings. The van der Waals surface area contributed by atoms with Crippen molar-refractivity contribution in [3.8, 4) is 11.3 Å². The van der Waals surface area contributed by atoms with Gasteiger partial charge in [-0.15, -0.1) is 16.4 Å². The van der Waals surface area contributed by atoms with E-state index in [4.69, 9.17) is 4.98 Å². The summed E-state index contributed by atoms with van der Waals surface area (Å²) in [5.74, 6) is 0.858. The Kier molecular flexibility index (Phi) is 4.38. The normalized spacial score (nSPS) is 15.4. The predicted octanol–water partition coefficient (Wildman–Crippen LogP) is 3.68. The van der Waals surface area contributed by atoms with Gasteiger partial charge in [-0.3, -0.25) is 0 Å². The van der Waals surface area contributed by atoms with Crippen LogP contribution < -0.4 is 10.2 Å². The van der Waals surface area contributed by atoms with Crippen LogP contribution in [0.1, 0.15) is 12.8 Å². The minimum absolute atomic E-state index is 0.450. The summed E-state index contributed by atoms with van der Waals surface area (Å²) in [6.07, 6.45) is 3.86. The lowest BCUT2D eigenvalue weighted by atomic mass is 10.1. The molecule has 4 rings (SSSR count). The van der Waals surface area contributed by atoms with Gasteiger partial charge in [0.25, 0.3) is 0 Å². The number of thiazole rings is 1. The number of anilines is 2. The van der Waals surface area contributed by atoms with Gasteiger partial charge < -0.3 is 10.2 Å². The van der Waals surface area contributed by atoms with Gasteiger partial charge in [-0.2, -0.15) is 5.10 Å². The van der Waals surface area contributed by atoms with Crippen LogP contribution in [0.5, 0.6) is 0 Å². The second-order valence-corrected chi connectivity index (χ2v) is 6.73. The number of benzene rings is 1. The highest BCUT2D eigenvalue weighted by Gasteiger charge is 2.21. The van der Waals surface area contributed by atoms with Crippen molar-refractivity contribution in [2.45, 2.75) is 18.9 Å². The molecule has 5 nitrogen and oxygen atoms in total. The Morgan fingerprint density at radius 3 is 2.62 bits per heavy atom. The predicted molar refractivity (Wildman–Crippen MR) is 98.4 cm³/mol. The summed E-state index contributed by atoms with van der Waals surface area (Å²) in [5, 5.41) is 14.7. The molecule has 1 aliphatic rings. The molecule has 0 spiro atoms. The number of piperidine rings is 1. The van der Waals surface area contributed by atoms with Crippen LogP contribution in [0.2, 0.25) is 0 Å². The number of hydrogen-bond donors (Lipinski definition) is 1. The van der Waals surface area contributed by atoms with Crippen molar-refractivity contribution in [2.75, 3.05) is 23.3 Å². The van der Waals surface area contributed by atoms with E-state index >= 15 is 0 Å². The van der Waals surface area contributed by atoms with Gasteiger partial charge in [-0.1, -0.05) is 30.3 Å². The van der Waals surface area contributed by atoms with Gasteiger partial charge in [0, 0.05) is 36.3 Å². The van der Waals surface area contributed by atoms with E-state index in [1.54, 1.807) is 17.5 Å². The second kappa shape index (κ2) is 6.97. The molecule has 0 amide bonds. The average Bonchev–Trinajstić information content (AvgIpc) is 3.14. The fourth-order valence-corrected chi connectivity index (χ4v) is 3.84. The van der Waals surface area contributed by atoms with Crippen molar-refractivity contribution in [2.24, 2.45) is 0 Å². The van der Waals surface area contributed by atoms with Gasteiger partial charge in [-0.05, 0) is 25.0 Å². The Labute approximate surface area is 145 Å². The third kappa shape index (κ3) is 3.38. The van der Waals surface area contributed by atoms with Crippen molar-refractivity contribution in [1.29, 1.82) is 0 Å². The zero-order chi connectivity index (χ0) is 16.2. The largest absolute Gasteiger partial charge is 0.366 e. The number of aromatic nitrogens is 3. The maximum absolute atomic E-state index is 4.81. The third-order valence-corrected chi connectivity index (χ3v) is 5.15. The van der Waals surface area contributed by atoms with E-state index in [-0.39, 0.29) is 0 Å². The second-order valence-electron chi connectivity index (χ2n) is 5.90. The van der Waals surface area contributed by atoms with Gasteiger partial charge >= 0.3 is 0 Å². The lowest BCUT2D eigenvalue weighted by Gasteiger charge is -2.32. The zero-order valence-electron chi connectivity index (χ0n) is 13.3. The molecule has 24 heavy (non-hydrogen) atoms. The van der Waals surface area contributed by atoms with Crippen molar-refractivity contribution in [1.82, 2.24) is 15.2 Å². The van der Waals surface area contributed by atoms with Crippen LogP contribution in [0.4, 0.5) is 10.9 Å². The molecule has 0 saturated carbocycles. The molecule has 3 aromatic rings. The fourth-order valence-electron chi connectivity index (χ4n) is 2.95. The van der Waals surface area contributed by atoms with E-state index < -0.39 is 0 Å². The molecule has 6 heteroatoms. The van der Waals surface area contributed by atoms with E-state index in [0.717, 1.165) is 42.6 Å². The first-order valence-corrected chi connectivity index (χ1v) is 9.06. The summed E-state index contributed by atoms with van der Waals surface area (Å²) < 4.78 is 0. The summed E-state index contributed by atoms with van der Waals surface area (Å²) in [4.78, 5) is 7.20. The van der Waals surface area contributed by atoms with Crippen LogP contribution in [0.3, 0.4) is 0 Å². The molecule has 1 aromatic carbocycles. The van der Waals surface area contributed by atoms with Gasteiger partial charge in [0.2, 0.25) is 0 Å². The molecule has 2 aromatic heterocycles. The summed E-state index contributed by atoms with van der Waals surface area (Å²) in [6.45, 7) is 2.03. The van der Waals surface area contributed by atoms with E-state index in [1.807, 2.05) is 18.2 Å². The smallest absolute Gasteiger partial charge is 0.185 e. The number of hydrogen-bond acceptors (Lipinski definition) is 6. The number of rotatable bonds is 4. The lowest BCUT2D eigenvalue weighted by Crippen LogP contribution is -2.39. The van der Waals surface area contributed by atoms with Crippen LogP contribution >= 0.6 is 11.3 Å². The first-order chi connectivity index (χ1) is 11.9. The Morgan fingerprint density at radius 2 is 1.88 bits per heavy atom. The molecule has 1 N–H and O–H groups in total. The van der Waals surface area contributed by atoms with Crippen molar-refractivity contribution in [3.63, 3.8) is 0 Å². The molecule has 122 valence electrons. The van der Waals surface area contributed by atoms with Gasteiger partial charge in [0.1, 0.15) is 5.82 Å². The van der Waals surface area contributed by atoms with Crippen molar-refractivity contribution in [3.05, 3.63) is 54.0 Å². The highest BCUT2D eigenvalue weighted by atomic mass is 32.1. The minimum Gasteiger partial charge on any atom is -0.366 e. The summed E-state index contributed by atoms with van der Waals surface area (Å²) in [6, 6.07) is 14.7. The minimum atomic E-state index is 0.450. The SMILES string of the molecule is c1ccc(-c2csc(N3CCC(Nc4cccnn4)CC3)n2)cc1. The van der Waals surface area contributed by atoms with Gasteiger partial charge in [0.05, 0.1) is 5.69 Å². The van der Waals surface area contributed by atoms with Crippen LogP contribution in [0.15, 0.2) is 54.0 Å².